The molecule has 0 bridgehead atoms. The van der Waals surface area contributed by atoms with E-state index in [0.717, 1.165) is 18.4 Å². The molecule has 64 valence electrons. The van der Waals surface area contributed by atoms with Gasteiger partial charge in [0, 0.05) is 6.42 Å². The average molecular weight is 154 g/mol. The highest BCUT2D eigenvalue weighted by atomic mass is 16.1. The first-order valence-corrected chi connectivity index (χ1v) is 4.33. The van der Waals surface area contributed by atoms with Crippen molar-refractivity contribution >= 4 is 5.78 Å². The molecule has 0 aliphatic carbocycles. The maximum absolute atomic E-state index is 11.3. The van der Waals surface area contributed by atoms with Gasteiger partial charge in [-0.15, -0.1) is 0 Å². The second-order valence-electron chi connectivity index (χ2n) is 2.93. The molecule has 1 nitrogen and oxygen atoms in total. The highest BCUT2D eigenvalue weighted by molar-refractivity contribution is 5.95. The topological polar surface area (TPSA) is 17.1 Å². The number of rotatable bonds is 4. The number of ketones is 1. The summed E-state index contributed by atoms with van der Waals surface area (Å²) in [5.74, 6) is 0.312. The highest BCUT2D eigenvalue weighted by Gasteiger charge is 2.04. The molecule has 0 fully saturated rings. The first kappa shape index (κ1) is 10.4. The van der Waals surface area contributed by atoms with Gasteiger partial charge in [-0.05, 0) is 32.3 Å². The van der Waals surface area contributed by atoms with E-state index >= 15 is 0 Å². The van der Waals surface area contributed by atoms with Crippen molar-refractivity contribution < 1.29 is 4.79 Å². The first-order chi connectivity index (χ1) is 5.13. The molecule has 0 aromatic rings. The third kappa shape index (κ3) is 3.35. The Labute approximate surface area is 69.5 Å². The minimum Gasteiger partial charge on any atom is -0.295 e. The first-order valence-electron chi connectivity index (χ1n) is 4.33. The van der Waals surface area contributed by atoms with E-state index in [0.29, 0.717) is 12.2 Å². The zero-order valence-electron chi connectivity index (χ0n) is 8.03. The molecule has 1 heteroatoms. The molecule has 0 amide bonds. The Morgan fingerprint density at radius 2 is 1.73 bits per heavy atom. The molecule has 0 atom stereocenters. The van der Waals surface area contributed by atoms with Crippen LogP contribution in [0.25, 0.3) is 0 Å². The van der Waals surface area contributed by atoms with E-state index in [4.69, 9.17) is 0 Å². The highest BCUT2D eigenvalue weighted by Crippen LogP contribution is 2.10. The van der Waals surface area contributed by atoms with Gasteiger partial charge >= 0.3 is 0 Å². The van der Waals surface area contributed by atoms with Crippen molar-refractivity contribution in [2.45, 2.75) is 47.0 Å². The summed E-state index contributed by atoms with van der Waals surface area (Å²) in [6.07, 6.45) is 2.64. The lowest BCUT2D eigenvalue weighted by Gasteiger charge is -2.02. The molecular formula is C10H18O. The fourth-order valence-electron chi connectivity index (χ4n) is 0.918. The van der Waals surface area contributed by atoms with Gasteiger partial charge < -0.3 is 0 Å². The molecule has 0 aromatic carbocycles. The van der Waals surface area contributed by atoms with Crippen molar-refractivity contribution in [2.75, 3.05) is 0 Å². The Kier molecular flexibility index (Phi) is 4.84. The van der Waals surface area contributed by atoms with Crippen LogP contribution >= 0.6 is 0 Å². The van der Waals surface area contributed by atoms with Crippen LogP contribution in [0.4, 0.5) is 0 Å². The summed E-state index contributed by atoms with van der Waals surface area (Å²) in [6.45, 7) is 8.07. The van der Waals surface area contributed by atoms with E-state index in [1.807, 2.05) is 20.8 Å². The molecule has 0 N–H and O–H groups in total. The van der Waals surface area contributed by atoms with Crippen molar-refractivity contribution in [1.29, 1.82) is 0 Å². The molecule has 0 unspecified atom stereocenters. The lowest BCUT2D eigenvalue weighted by molar-refractivity contribution is -0.115. The summed E-state index contributed by atoms with van der Waals surface area (Å²) in [5.41, 5.74) is 2.19. The van der Waals surface area contributed by atoms with Crippen molar-refractivity contribution in [3.63, 3.8) is 0 Å². The van der Waals surface area contributed by atoms with Crippen LogP contribution in [-0.2, 0) is 4.79 Å². The summed E-state index contributed by atoms with van der Waals surface area (Å²) in [4.78, 5) is 11.3. The molecule has 11 heavy (non-hydrogen) atoms. The van der Waals surface area contributed by atoms with Gasteiger partial charge in [0.15, 0.2) is 5.78 Å². The number of Topliss-reactive ketones (excluding diaryl/α,β-unsaturated/α-hetero) is 1. The molecule has 0 heterocycles. The van der Waals surface area contributed by atoms with E-state index in [2.05, 4.69) is 6.92 Å². The van der Waals surface area contributed by atoms with E-state index in [1.54, 1.807) is 0 Å². The summed E-state index contributed by atoms with van der Waals surface area (Å²) >= 11 is 0. The van der Waals surface area contributed by atoms with Gasteiger partial charge in [-0.25, -0.2) is 0 Å². The van der Waals surface area contributed by atoms with Crippen molar-refractivity contribution in [3.05, 3.63) is 11.1 Å². The quantitative estimate of drug-likeness (QED) is 0.569. The van der Waals surface area contributed by atoms with E-state index in [9.17, 15) is 4.79 Å². The average Bonchev–Trinajstić information content (AvgIpc) is 2.02. The van der Waals surface area contributed by atoms with Crippen LogP contribution in [0.1, 0.15) is 47.0 Å². The second-order valence-corrected chi connectivity index (χ2v) is 2.93. The lowest BCUT2D eigenvalue weighted by atomic mass is 10.0. The van der Waals surface area contributed by atoms with Crippen LogP contribution in [0, 0.1) is 0 Å². The second kappa shape index (κ2) is 5.11. The maximum atomic E-state index is 11.3. The molecular weight excluding hydrogens is 136 g/mol. The lowest BCUT2D eigenvalue weighted by Crippen LogP contribution is -2.00. The number of allylic oxidation sites excluding steroid dienone is 2. The van der Waals surface area contributed by atoms with Crippen LogP contribution < -0.4 is 0 Å². The van der Waals surface area contributed by atoms with Crippen LogP contribution in [0.15, 0.2) is 11.1 Å². The Morgan fingerprint density at radius 1 is 1.18 bits per heavy atom. The Bertz CT molecular complexity index is 166. The van der Waals surface area contributed by atoms with Crippen LogP contribution in [-0.4, -0.2) is 5.78 Å². The molecule has 0 saturated heterocycles. The summed E-state index contributed by atoms with van der Waals surface area (Å²) in [6, 6.07) is 0. The molecule has 0 aliphatic heterocycles. The number of carbonyl (C=O) groups is 1. The number of carbonyl (C=O) groups excluding carboxylic acids is 1. The fraction of sp³-hybridized carbons (Fsp3) is 0.700. The van der Waals surface area contributed by atoms with Crippen molar-refractivity contribution in [1.82, 2.24) is 0 Å². The van der Waals surface area contributed by atoms with E-state index < -0.39 is 0 Å². The SMILES string of the molecule is CCCC(=O)C(C)=C(C)CC. The summed E-state index contributed by atoms with van der Waals surface area (Å²) < 4.78 is 0. The third-order valence-corrected chi connectivity index (χ3v) is 2.07. The Balaban J connectivity index is 4.22. The van der Waals surface area contributed by atoms with Crippen LogP contribution in [0.3, 0.4) is 0 Å². The zero-order chi connectivity index (χ0) is 8.85. The van der Waals surface area contributed by atoms with E-state index in [-0.39, 0.29) is 0 Å². The molecule has 0 radical (unpaired) electrons. The van der Waals surface area contributed by atoms with Crippen molar-refractivity contribution in [2.24, 2.45) is 0 Å². The van der Waals surface area contributed by atoms with E-state index in [1.165, 1.54) is 5.57 Å². The predicted molar refractivity (Wildman–Crippen MR) is 48.6 cm³/mol. The Hall–Kier alpha value is -0.590. The number of hydrogen-bond acceptors (Lipinski definition) is 1. The molecule has 0 rings (SSSR count). The Morgan fingerprint density at radius 3 is 2.09 bits per heavy atom. The normalized spacial score (nSPS) is 12.7. The fourth-order valence-corrected chi connectivity index (χ4v) is 0.918. The predicted octanol–water partition coefficient (Wildman–Crippen LogP) is 3.10. The summed E-state index contributed by atoms with van der Waals surface area (Å²) in [7, 11) is 0. The zero-order valence-corrected chi connectivity index (χ0v) is 8.03. The number of hydrogen-bond donors (Lipinski definition) is 0. The molecule has 0 spiro atoms. The van der Waals surface area contributed by atoms with Gasteiger partial charge in [-0.1, -0.05) is 19.4 Å². The van der Waals surface area contributed by atoms with Gasteiger partial charge in [-0.2, -0.15) is 0 Å². The third-order valence-electron chi connectivity index (χ3n) is 2.07. The smallest absolute Gasteiger partial charge is 0.158 e. The van der Waals surface area contributed by atoms with Crippen LogP contribution in [0.5, 0.6) is 0 Å². The minimum absolute atomic E-state index is 0.312. The van der Waals surface area contributed by atoms with Gasteiger partial charge in [0.25, 0.3) is 0 Å². The minimum atomic E-state index is 0.312. The maximum Gasteiger partial charge on any atom is 0.158 e. The summed E-state index contributed by atoms with van der Waals surface area (Å²) in [5, 5.41) is 0. The monoisotopic (exact) mass is 154 g/mol. The van der Waals surface area contributed by atoms with Crippen LogP contribution in [0.2, 0.25) is 0 Å². The standard InChI is InChI=1S/C10H18O/c1-5-7-10(11)9(4)8(3)6-2/h5-7H2,1-4H3. The van der Waals surface area contributed by atoms with Crippen molar-refractivity contribution in [3.8, 4) is 0 Å². The van der Waals surface area contributed by atoms with Gasteiger partial charge in [0.05, 0.1) is 0 Å². The van der Waals surface area contributed by atoms with Gasteiger partial charge in [0.2, 0.25) is 0 Å². The van der Waals surface area contributed by atoms with Gasteiger partial charge in [-0.3, -0.25) is 4.79 Å². The largest absolute Gasteiger partial charge is 0.295 e. The molecule has 0 aliphatic rings. The molecule has 0 saturated carbocycles. The molecule has 0 aromatic heterocycles. The van der Waals surface area contributed by atoms with Gasteiger partial charge in [0.1, 0.15) is 0 Å².